The first-order valence-electron chi connectivity index (χ1n) is 5.37. The van der Waals surface area contributed by atoms with Crippen molar-refractivity contribution in [1.29, 1.82) is 0 Å². The third kappa shape index (κ3) is 2.12. The lowest BCUT2D eigenvalue weighted by Gasteiger charge is -2.20. The quantitative estimate of drug-likeness (QED) is 0.701. The summed E-state index contributed by atoms with van der Waals surface area (Å²) in [5.41, 5.74) is 0.749. The Hall–Kier alpha value is -1.09. The molecule has 15 heavy (non-hydrogen) atoms. The molecule has 0 bridgehead atoms. The van der Waals surface area contributed by atoms with Gasteiger partial charge in [-0.2, -0.15) is 0 Å². The van der Waals surface area contributed by atoms with Crippen molar-refractivity contribution in [2.24, 2.45) is 5.92 Å². The van der Waals surface area contributed by atoms with E-state index < -0.39 is 0 Å². The lowest BCUT2D eigenvalue weighted by atomic mass is 9.91. The highest BCUT2D eigenvalue weighted by Gasteiger charge is 2.25. The molecule has 1 aromatic heterocycles. The standard InChI is InChI=1S/C12H16O3/c1-8-7-11(9(2)15-8)12(13)10-3-5-14-6-4-10/h7,10H,3-6H2,1-2H3. The van der Waals surface area contributed by atoms with E-state index in [0.717, 1.165) is 29.9 Å². The molecule has 0 unspecified atom stereocenters. The number of furan rings is 1. The third-order valence-electron chi connectivity index (χ3n) is 2.90. The summed E-state index contributed by atoms with van der Waals surface area (Å²) in [6.45, 7) is 5.12. The van der Waals surface area contributed by atoms with Crippen molar-refractivity contribution in [2.75, 3.05) is 13.2 Å². The van der Waals surface area contributed by atoms with Crippen LogP contribution < -0.4 is 0 Å². The molecule has 3 heteroatoms. The van der Waals surface area contributed by atoms with Crippen molar-refractivity contribution in [2.45, 2.75) is 26.7 Å². The molecule has 1 aliphatic heterocycles. The van der Waals surface area contributed by atoms with Gasteiger partial charge >= 0.3 is 0 Å². The molecular formula is C12H16O3. The van der Waals surface area contributed by atoms with E-state index in [1.54, 1.807) is 0 Å². The highest BCUT2D eigenvalue weighted by molar-refractivity contribution is 5.98. The fourth-order valence-electron chi connectivity index (χ4n) is 2.06. The predicted molar refractivity (Wildman–Crippen MR) is 56.1 cm³/mol. The van der Waals surface area contributed by atoms with Crippen molar-refractivity contribution >= 4 is 5.78 Å². The number of carbonyl (C=O) groups excluding carboxylic acids is 1. The second-order valence-corrected chi connectivity index (χ2v) is 4.08. The Morgan fingerprint density at radius 1 is 1.33 bits per heavy atom. The number of aryl methyl sites for hydroxylation is 2. The predicted octanol–water partition coefficient (Wildman–Crippen LogP) is 2.51. The maximum atomic E-state index is 12.1. The van der Waals surface area contributed by atoms with Crippen LogP contribution in [0, 0.1) is 19.8 Å². The molecule has 1 fully saturated rings. The molecule has 1 aliphatic rings. The summed E-state index contributed by atoms with van der Waals surface area (Å²) in [6, 6.07) is 1.84. The zero-order valence-electron chi connectivity index (χ0n) is 9.21. The van der Waals surface area contributed by atoms with E-state index >= 15 is 0 Å². The number of Topliss-reactive ketones (excluding diaryl/α,β-unsaturated/α-hetero) is 1. The van der Waals surface area contributed by atoms with Crippen LogP contribution in [-0.2, 0) is 4.74 Å². The largest absolute Gasteiger partial charge is 0.466 e. The summed E-state index contributed by atoms with van der Waals surface area (Å²) < 4.78 is 10.6. The first kappa shape index (κ1) is 10.4. The van der Waals surface area contributed by atoms with Crippen LogP contribution in [0.15, 0.2) is 10.5 Å². The topological polar surface area (TPSA) is 39.4 Å². The maximum absolute atomic E-state index is 12.1. The molecular weight excluding hydrogens is 192 g/mol. The minimum absolute atomic E-state index is 0.120. The van der Waals surface area contributed by atoms with Gasteiger partial charge in [0, 0.05) is 19.1 Å². The molecule has 0 aliphatic carbocycles. The van der Waals surface area contributed by atoms with E-state index in [4.69, 9.17) is 9.15 Å². The Balaban J connectivity index is 2.16. The Morgan fingerprint density at radius 3 is 2.53 bits per heavy atom. The molecule has 0 amide bonds. The van der Waals surface area contributed by atoms with E-state index in [9.17, 15) is 4.79 Å². The lowest BCUT2D eigenvalue weighted by molar-refractivity contribution is 0.0544. The van der Waals surface area contributed by atoms with Crippen LogP contribution in [0.25, 0.3) is 0 Å². The van der Waals surface area contributed by atoms with Crippen molar-refractivity contribution in [3.05, 3.63) is 23.2 Å². The Morgan fingerprint density at radius 2 is 2.00 bits per heavy atom. The summed E-state index contributed by atoms with van der Waals surface area (Å²) >= 11 is 0. The van der Waals surface area contributed by atoms with Gasteiger partial charge in [-0.1, -0.05) is 0 Å². The van der Waals surface area contributed by atoms with Crippen LogP contribution in [0.2, 0.25) is 0 Å². The Kier molecular flexibility index (Phi) is 2.91. The Bertz CT molecular complexity index is 359. The summed E-state index contributed by atoms with van der Waals surface area (Å²) in [6.07, 6.45) is 1.67. The van der Waals surface area contributed by atoms with E-state index in [0.29, 0.717) is 13.2 Å². The van der Waals surface area contributed by atoms with Crippen LogP contribution in [-0.4, -0.2) is 19.0 Å². The fraction of sp³-hybridized carbons (Fsp3) is 0.583. The first-order valence-corrected chi connectivity index (χ1v) is 5.37. The smallest absolute Gasteiger partial charge is 0.169 e. The summed E-state index contributed by atoms with van der Waals surface area (Å²) in [5.74, 6) is 1.88. The van der Waals surface area contributed by atoms with E-state index in [1.165, 1.54) is 0 Å². The molecule has 0 aromatic carbocycles. The van der Waals surface area contributed by atoms with Crippen molar-refractivity contribution in [3.8, 4) is 0 Å². The molecule has 0 N–H and O–H groups in total. The number of carbonyl (C=O) groups is 1. The fourth-order valence-corrected chi connectivity index (χ4v) is 2.06. The molecule has 0 spiro atoms. The van der Waals surface area contributed by atoms with Gasteiger partial charge < -0.3 is 9.15 Å². The second-order valence-electron chi connectivity index (χ2n) is 4.08. The van der Waals surface area contributed by atoms with Gasteiger partial charge in [0.05, 0.1) is 5.56 Å². The zero-order chi connectivity index (χ0) is 10.8. The molecule has 2 rings (SSSR count). The van der Waals surface area contributed by atoms with E-state index in [-0.39, 0.29) is 11.7 Å². The van der Waals surface area contributed by atoms with Crippen LogP contribution in [0.4, 0.5) is 0 Å². The van der Waals surface area contributed by atoms with Crippen LogP contribution in [0.3, 0.4) is 0 Å². The van der Waals surface area contributed by atoms with Gasteiger partial charge in [0.25, 0.3) is 0 Å². The van der Waals surface area contributed by atoms with E-state index in [2.05, 4.69) is 0 Å². The minimum Gasteiger partial charge on any atom is -0.466 e. The summed E-state index contributed by atoms with van der Waals surface area (Å²) in [7, 11) is 0. The number of ketones is 1. The average molecular weight is 208 g/mol. The highest BCUT2D eigenvalue weighted by atomic mass is 16.5. The number of hydrogen-bond donors (Lipinski definition) is 0. The first-order chi connectivity index (χ1) is 7.18. The molecule has 3 nitrogen and oxygen atoms in total. The normalized spacial score (nSPS) is 18.0. The van der Waals surface area contributed by atoms with Gasteiger partial charge in [-0.3, -0.25) is 4.79 Å². The van der Waals surface area contributed by atoms with Crippen LogP contribution in [0.1, 0.15) is 34.7 Å². The van der Waals surface area contributed by atoms with Crippen LogP contribution >= 0.6 is 0 Å². The van der Waals surface area contributed by atoms with E-state index in [1.807, 2.05) is 19.9 Å². The van der Waals surface area contributed by atoms with Gasteiger partial charge in [-0.15, -0.1) is 0 Å². The SMILES string of the molecule is Cc1cc(C(=O)C2CCOCC2)c(C)o1. The van der Waals surface area contributed by atoms with Gasteiger partial charge in [0.2, 0.25) is 0 Å². The summed E-state index contributed by atoms with van der Waals surface area (Å²) in [4.78, 5) is 12.1. The molecule has 1 saturated heterocycles. The lowest BCUT2D eigenvalue weighted by Crippen LogP contribution is -2.23. The number of rotatable bonds is 2. The monoisotopic (exact) mass is 208 g/mol. The Labute approximate surface area is 89.4 Å². The second kappa shape index (κ2) is 4.19. The summed E-state index contributed by atoms with van der Waals surface area (Å²) in [5, 5.41) is 0. The molecule has 1 aromatic rings. The van der Waals surface area contributed by atoms with Crippen molar-refractivity contribution in [1.82, 2.24) is 0 Å². The van der Waals surface area contributed by atoms with Gasteiger partial charge in [0.15, 0.2) is 5.78 Å². The van der Waals surface area contributed by atoms with Gasteiger partial charge in [-0.05, 0) is 32.8 Å². The van der Waals surface area contributed by atoms with Gasteiger partial charge in [-0.25, -0.2) is 0 Å². The average Bonchev–Trinajstić information content (AvgIpc) is 2.58. The van der Waals surface area contributed by atoms with Crippen LogP contribution in [0.5, 0.6) is 0 Å². The molecule has 0 radical (unpaired) electrons. The molecule has 0 atom stereocenters. The zero-order valence-corrected chi connectivity index (χ0v) is 9.21. The third-order valence-corrected chi connectivity index (χ3v) is 2.90. The highest BCUT2D eigenvalue weighted by Crippen LogP contribution is 2.23. The molecule has 0 saturated carbocycles. The number of hydrogen-bond acceptors (Lipinski definition) is 3. The minimum atomic E-state index is 0.120. The number of ether oxygens (including phenoxy) is 1. The maximum Gasteiger partial charge on any atom is 0.169 e. The van der Waals surface area contributed by atoms with Crippen molar-refractivity contribution < 1.29 is 13.9 Å². The molecule has 82 valence electrons. The molecule has 2 heterocycles. The van der Waals surface area contributed by atoms with Crippen molar-refractivity contribution in [3.63, 3.8) is 0 Å². The van der Waals surface area contributed by atoms with Gasteiger partial charge in [0.1, 0.15) is 11.5 Å².